The van der Waals surface area contributed by atoms with Gasteiger partial charge < -0.3 is 24.9 Å². The summed E-state index contributed by atoms with van der Waals surface area (Å²) in [4.78, 5) is 25.6. The van der Waals surface area contributed by atoms with Gasteiger partial charge in [0.2, 0.25) is 0 Å². The van der Waals surface area contributed by atoms with Gasteiger partial charge in [-0.25, -0.2) is 14.8 Å². The fourth-order valence-corrected chi connectivity index (χ4v) is 3.76. The van der Waals surface area contributed by atoms with Gasteiger partial charge >= 0.3 is 6.03 Å². The number of H-pyrrole nitrogens is 1. The highest BCUT2D eigenvalue weighted by atomic mass is 16.5. The molecule has 2 aromatic heterocycles. The van der Waals surface area contributed by atoms with E-state index >= 15 is 0 Å². The number of benzene rings is 2. The second-order valence-corrected chi connectivity index (χ2v) is 8.08. The normalized spacial score (nSPS) is 13.2. The first-order chi connectivity index (χ1) is 15.5. The van der Waals surface area contributed by atoms with Gasteiger partial charge in [-0.2, -0.15) is 0 Å². The minimum absolute atomic E-state index is 0.129. The van der Waals surface area contributed by atoms with E-state index < -0.39 is 6.04 Å². The van der Waals surface area contributed by atoms with E-state index in [1.165, 1.54) is 0 Å². The maximum Gasteiger partial charge on any atom is 0.316 e. The van der Waals surface area contributed by atoms with Crippen molar-refractivity contribution in [1.82, 2.24) is 30.2 Å². The van der Waals surface area contributed by atoms with Gasteiger partial charge in [-0.05, 0) is 35.7 Å². The Morgan fingerprint density at radius 3 is 2.62 bits per heavy atom. The molecule has 0 aliphatic carbocycles. The number of aromatic nitrogens is 4. The van der Waals surface area contributed by atoms with Crippen molar-refractivity contribution in [3.63, 3.8) is 0 Å². The van der Waals surface area contributed by atoms with Crippen LogP contribution in [0.3, 0.4) is 0 Å². The van der Waals surface area contributed by atoms with Crippen LogP contribution in [0.4, 0.5) is 4.79 Å². The van der Waals surface area contributed by atoms with Crippen molar-refractivity contribution >= 4 is 17.1 Å². The highest BCUT2D eigenvalue weighted by molar-refractivity contribution is 5.77. The molecule has 2 aromatic carbocycles. The van der Waals surface area contributed by atoms with Crippen molar-refractivity contribution in [2.45, 2.75) is 25.9 Å². The summed E-state index contributed by atoms with van der Waals surface area (Å²) in [7, 11) is 3.52. The third-order valence-electron chi connectivity index (χ3n) is 5.47. The largest absolute Gasteiger partial charge is 0.497 e. The number of carbonyl (C=O) groups is 1. The lowest BCUT2D eigenvalue weighted by atomic mass is 10.0. The van der Waals surface area contributed by atoms with Crippen LogP contribution in [0.1, 0.15) is 43.1 Å². The standard InChI is InChI=1S/C24H28N6O2/c1-15(2)20(22-26-18-10-5-6-11-19(18)27-22)28-24(31)29-21(23-25-12-13-30(23)3)16-8-7-9-17(14-16)32-4/h5-15,20-21H,1-4H3,(H,26,27)(H2,28,29,31). The van der Waals surface area contributed by atoms with Gasteiger partial charge in [-0.1, -0.05) is 38.1 Å². The van der Waals surface area contributed by atoms with E-state index in [0.717, 1.165) is 28.2 Å². The molecule has 0 aliphatic rings. The lowest BCUT2D eigenvalue weighted by Gasteiger charge is -2.24. The summed E-state index contributed by atoms with van der Waals surface area (Å²) in [5.41, 5.74) is 2.69. The number of para-hydroxylation sites is 2. The molecule has 2 atom stereocenters. The van der Waals surface area contributed by atoms with E-state index in [0.29, 0.717) is 5.75 Å². The summed E-state index contributed by atoms with van der Waals surface area (Å²) in [5, 5.41) is 6.18. The highest BCUT2D eigenvalue weighted by Gasteiger charge is 2.26. The third-order valence-corrected chi connectivity index (χ3v) is 5.47. The maximum absolute atomic E-state index is 13.2. The van der Waals surface area contributed by atoms with Gasteiger partial charge in [0.05, 0.1) is 24.2 Å². The summed E-state index contributed by atoms with van der Waals surface area (Å²) in [6.07, 6.45) is 3.57. The SMILES string of the molecule is COc1cccc(C(NC(=O)NC(c2nc3ccccc3[nH]2)C(C)C)c2nccn2C)c1. The van der Waals surface area contributed by atoms with Crippen LogP contribution in [0.5, 0.6) is 5.75 Å². The van der Waals surface area contributed by atoms with Crippen LogP contribution < -0.4 is 15.4 Å². The fourth-order valence-electron chi connectivity index (χ4n) is 3.76. The number of ether oxygens (including phenoxy) is 1. The van der Waals surface area contributed by atoms with Crippen LogP contribution in [-0.2, 0) is 7.05 Å². The van der Waals surface area contributed by atoms with Gasteiger partial charge in [0.25, 0.3) is 0 Å². The Bertz CT molecular complexity index is 1180. The van der Waals surface area contributed by atoms with Crippen LogP contribution in [0.15, 0.2) is 60.9 Å². The molecule has 0 fully saturated rings. The molecular weight excluding hydrogens is 404 g/mol. The molecule has 2 unspecified atom stereocenters. The minimum atomic E-state index is -0.450. The van der Waals surface area contributed by atoms with Crippen molar-refractivity contribution in [1.29, 1.82) is 0 Å². The molecule has 0 saturated heterocycles. The van der Waals surface area contributed by atoms with Gasteiger partial charge in [0, 0.05) is 19.4 Å². The maximum atomic E-state index is 13.2. The van der Waals surface area contributed by atoms with Crippen LogP contribution >= 0.6 is 0 Å². The molecule has 0 radical (unpaired) electrons. The molecule has 8 nitrogen and oxygen atoms in total. The first-order valence-corrected chi connectivity index (χ1v) is 10.6. The minimum Gasteiger partial charge on any atom is -0.497 e. The zero-order chi connectivity index (χ0) is 22.7. The summed E-state index contributed by atoms with van der Waals surface area (Å²) in [6, 6.07) is 14.4. The van der Waals surface area contributed by atoms with E-state index in [4.69, 9.17) is 4.74 Å². The van der Waals surface area contributed by atoms with Crippen molar-refractivity contribution in [2.75, 3.05) is 7.11 Å². The Hall–Kier alpha value is -3.81. The topological polar surface area (TPSA) is 96.9 Å². The van der Waals surface area contributed by atoms with Crippen molar-refractivity contribution in [3.8, 4) is 5.75 Å². The second-order valence-electron chi connectivity index (χ2n) is 8.08. The van der Waals surface area contributed by atoms with E-state index in [2.05, 4.69) is 39.4 Å². The number of urea groups is 1. The number of nitrogens with zero attached hydrogens (tertiary/aromatic N) is 3. The Morgan fingerprint density at radius 2 is 1.94 bits per heavy atom. The quantitative estimate of drug-likeness (QED) is 0.410. The number of amides is 2. The van der Waals surface area contributed by atoms with E-state index in [1.807, 2.05) is 66.3 Å². The van der Waals surface area contributed by atoms with Crippen LogP contribution in [0.2, 0.25) is 0 Å². The Labute approximate surface area is 187 Å². The van der Waals surface area contributed by atoms with Gasteiger partial charge in [0.15, 0.2) is 0 Å². The monoisotopic (exact) mass is 432 g/mol. The third kappa shape index (κ3) is 4.44. The average Bonchev–Trinajstić information content (AvgIpc) is 3.41. The molecule has 4 rings (SSSR count). The number of carbonyl (C=O) groups excluding carboxylic acids is 1. The number of nitrogens with one attached hydrogen (secondary N) is 3. The molecule has 2 heterocycles. The number of fused-ring (bicyclic) bond motifs is 1. The lowest BCUT2D eigenvalue weighted by Crippen LogP contribution is -2.42. The zero-order valence-electron chi connectivity index (χ0n) is 18.7. The summed E-state index contributed by atoms with van der Waals surface area (Å²) in [6.45, 7) is 4.10. The second kappa shape index (κ2) is 9.13. The predicted octanol–water partition coefficient (Wildman–Crippen LogP) is 4.09. The number of aryl methyl sites for hydroxylation is 1. The molecule has 2 amide bonds. The number of imidazole rings is 2. The smallest absolute Gasteiger partial charge is 0.316 e. The molecule has 0 bridgehead atoms. The van der Waals surface area contributed by atoms with Crippen LogP contribution in [0, 0.1) is 5.92 Å². The van der Waals surface area contributed by atoms with Gasteiger partial charge in [-0.3, -0.25) is 0 Å². The molecule has 3 N–H and O–H groups in total. The molecule has 0 saturated carbocycles. The Morgan fingerprint density at radius 1 is 1.12 bits per heavy atom. The molecule has 4 aromatic rings. The fraction of sp³-hybridized carbons (Fsp3) is 0.292. The predicted molar refractivity (Wildman–Crippen MR) is 123 cm³/mol. The summed E-state index contributed by atoms with van der Waals surface area (Å²) in [5.74, 6) is 2.29. The molecule has 166 valence electrons. The van der Waals surface area contributed by atoms with Crippen LogP contribution in [-0.4, -0.2) is 32.7 Å². The van der Waals surface area contributed by atoms with Crippen LogP contribution in [0.25, 0.3) is 11.0 Å². The first-order valence-electron chi connectivity index (χ1n) is 10.6. The summed E-state index contributed by atoms with van der Waals surface area (Å²) < 4.78 is 7.26. The lowest BCUT2D eigenvalue weighted by molar-refractivity contribution is 0.229. The van der Waals surface area contributed by atoms with Gasteiger partial charge in [0.1, 0.15) is 23.4 Å². The van der Waals surface area contributed by atoms with Gasteiger partial charge in [-0.15, -0.1) is 0 Å². The molecule has 0 spiro atoms. The number of hydrogen-bond acceptors (Lipinski definition) is 4. The molecule has 8 heteroatoms. The Kier molecular flexibility index (Phi) is 6.11. The number of aromatic amines is 1. The number of methoxy groups -OCH3 is 1. The Balaban J connectivity index is 1.60. The van der Waals surface area contributed by atoms with Crippen molar-refractivity contribution < 1.29 is 9.53 Å². The molecule has 0 aliphatic heterocycles. The first kappa shape index (κ1) is 21.4. The molecular formula is C24H28N6O2. The van der Waals surface area contributed by atoms with Crippen molar-refractivity contribution in [3.05, 3.63) is 78.1 Å². The number of rotatable bonds is 7. The summed E-state index contributed by atoms with van der Waals surface area (Å²) >= 11 is 0. The van der Waals surface area contributed by atoms with E-state index in [-0.39, 0.29) is 18.0 Å². The highest BCUT2D eigenvalue weighted by Crippen LogP contribution is 2.25. The number of hydrogen-bond donors (Lipinski definition) is 3. The average molecular weight is 433 g/mol. The van der Waals surface area contributed by atoms with E-state index in [1.54, 1.807) is 13.3 Å². The van der Waals surface area contributed by atoms with Crippen molar-refractivity contribution in [2.24, 2.45) is 13.0 Å². The zero-order valence-corrected chi connectivity index (χ0v) is 18.7. The molecule has 32 heavy (non-hydrogen) atoms. The van der Waals surface area contributed by atoms with E-state index in [9.17, 15) is 4.79 Å².